The van der Waals surface area contributed by atoms with Crippen molar-refractivity contribution in [3.8, 4) is 11.3 Å². The molecule has 2 atom stereocenters. The molecule has 1 fully saturated rings. The summed E-state index contributed by atoms with van der Waals surface area (Å²) >= 11 is 0. The molecule has 1 aliphatic heterocycles. The van der Waals surface area contributed by atoms with Gasteiger partial charge >= 0.3 is 0 Å². The molecule has 0 saturated carbocycles. The molecule has 2 N–H and O–H groups in total. The molecule has 0 bridgehead atoms. The number of unbranched alkanes of at least 4 members (excludes halogenated alkanes) is 2. The first-order chi connectivity index (χ1) is 20.1. The second kappa shape index (κ2) is 14.3. The lowest BCUT2D eigenvalue weighted by atomic mass is 9.89. The number of H-pyrrole nitrogens is 1. The van der Waals surface area contributed by atoms with Crippen LogP contribution in [0.1, 0.15) is 68.9 Å². The van der Waals surface area contributed by atoms with Gasteiger partial charge in [-0.3, -0.25) is 9.69 Å². The SMILES string of the molecule is CC(=O)CCCCC[C@@H](C(=O)NCCc1c(-c2ccccc2)[nH]c2ccccc12)N1CCCC(c2ccccc2)C1. The Morgan fingerprint density at radius 1 is 0.927 bits per heavy atom. The molecule has 214 valence electrons. The van der Waals surface area contributed by atoms with Gasteiger partial charge in [0.1, 0.15) is 5.78 Å². The average molecular weight is 550 g/mol. The number of ketones is 1. The molecule has 1 unspecified atom stereocenters. The van der Waals surface area contributed by atoms with Crippen molar-refractivity contribution < 1.29 is 9.59 Å². The smallest absolute Gasteiger partial charge is 0.237 e. The number of fused-ring (bicyclic) bond motifs is 1. The topological polar surface area (TPSA) is 65.2 Å². The van der Waals surface area contributed by atoms with Gasteiger partial charge in [0.15, 0.2) is 0 Å². The van der Waals surface area contributed by atoms with E-state index in [9.17, 15) is 9.59 Å². The van der Waals surface area contributed by atoms with Crippen LogP contribution in [0.2, 0.25) is 0 Å². The highest BCUT2D eigenvalue weighted by molar-refractivity contribution is 5.91. The van der Waals surface area contributed by atoms with E-state index >= 15 is 0 Å². The summed E-state index contributed by atoms with van der Waals surface area (Å²) < 4.78 is 0. The van der Waals surface area contributed by atoms with Crippen molar-refractivity contribution in [3.63, 3.8) is 0 Å². The van der Waals surface area contributed by atoms with Gasteiger partial charge < -0.3 is 15.1 Å². The zero-order valence-electron chi connectivity index (χ0n) is 24.3. The maximum absolute atomic E-state index is 13.8. The van der Waals surface area contributed by atoms with Crippen LogP contribution < -0.4 is 5.32 Å². The van der Waals surface area contributed by atoms with Crippen LogP contribution in [0.4, 0.5) is 0 Å². The second-order valence-electron chi connectivity index (χ2n) is 11.5. The predicted octanol–water partition coefficient (Wildman–Crippen LogP) is 7.28. The number of benzene rings is 3. The van der Waals surface area contributed by atoms with Crippen LogP contribution in [0.3, 0.4) is 0 Å². The molecule has 0 radical (unpaired) electrons. The molecule has 5 heteroatoms. The highest BCUT2D eigenvalue weighted by atomic mass is 16.2. The third kappa shape index (κ3) is 7.53. The van der Waals surface area contributed by atoms with Crippen molar-refractivity contribution in [2.75, 3.05) is 19.6 Å². The van der Waals surface area contributed by atoms with Gasteiger partial charge in [0.25, 0.3) is 0 Å². The summed E-state index contributed by atoms with van der Waals surface area (Å²) in [7, 11) is 0. The van der Waals surface area contributed by atoms with Crippen LogP contribution in [-0.4, -0.2) is 47.3 Å². The minimum Gasteiger partial charge on any atom is -0.354 e. The zero-order valence-corrected chi connectivity index (χ0v) is 24.3. The van der Waals surface area contributed by atoms with Crippen LogP contribution in [-0.2, 0) is 16.0 Å². The summed E-state index contributed by atoms with van der Waals surface area (Å²) in [5.41, 5.74) is 6.02. The van der Waals surface area contributed by atoms with Gasteiger partial charge in [-0.25, -0.2) is 0 Å². The van der Waals surface area contributed by atoms with E-state index in [4.69, 9.17) is 0 Å². The lowest BCUT2D eigenvalue weighted by molar-refractivity contribution is -0.127. The van der Waals surface area contributed by atoms with E-state index in [-0.39, 0.29) is 17.7 Å². The third-order valence-electron chi connectivity index (χ3n) is 8.52. The van der Waals surface area contributed by atoms with Crippen LogP contribution >= 0.6 is 0 Å². The van der Waals surface area contributed by atoms with Gasteiger partial charge in [-0.1, -0.05) is 91.7 Å². The lowest BCUT2D eigenvalue weighted by Crippen LogP contribution is -2.50. The molecule has 2 heterocycles. The number of nitrogens with one attached hydrogen (secondary N) is 2. The number of para-hydroxylation sites is 1. The molecule has 1 saturated heterocycles. The minimum absolute atomic E-state index is 0.131. The Morgan fingerprint density at radius 3 is 2.44 bits per heavy atom. The average Bonchev–Trinajstić information content (AvgIpc) is 3.38. The number of nitrogens with zero attached hydrogens (tertiary/aromatic N) is 1. The number of hydrogen-bond donors (Lipinski definition) is 2. The molecule has 1 amide bonds. The molecule has 1 aromatic heterocycles. The van der Waals surface area contributed by atoms with E-state index < -0.39 is 0 Å². The van der Waals surface area contributed by atoms with Gasteiger partial charge in [-0.2, -0.15) is 0 Å². The Hall–Kier alpha value is -3.70. The van der Waals surface area contributed by atoms with Crippen molar-refractivity contribution in [3.05, 3.63) is 96.1 Å². The number of amides is 1. The highest BCUT2D eigenvalue weighted by Crippen LogP contribution is 2.31. The van der Waals surface area contributed by atoms with E-state index in [0.29, 0.717) is 18.9 Å². The first-order valence-electron chi connectivity index (χ1n) is 15.3. The van der Waals surface area contributed by atoms with Crippen molar-refractivity contribution in [1.82, 2.24) is 15.2 Å². The Morgan fingerprint density at radius 2 is 1.66 bits per heavy atom. The van der Waals surface area contributed by atoms with Gasteiger partial charge in [0, 0.05) is 36.1 Å². The number of carbonyl (C=O) groups excluding carboxylic acids is 2. The summed E-state index contributed by atoms with van der Waals surface area (Å²) in [6.45, 7) is 4.12. The molecule has 5 rings (SSSR count). The normalized spacial score (nSPS) is 16.5. The van der Waals surface area contributed by atoms with Crippen molar-refractivity contribution in [1.29, 1.82) is 0 Å². The lowest BCUT2D eigenvalue weighted by Gasteiger charge is -2.38. The van der Waals surface area contributed by atoms with Crippen molar-refractivity contribution >= 4 is 22.6 Å². The van der Waals surface area contributed by atoms with Crippen LogP contribution in [0.5, 0.6) is 0 Å². The van der Waals surface area contributed by atoms with Gasteiger partial charge in [0.2, 0.25) is 5.91 Å². The second-order valence-corrected chi connectivity index (χ2v) is 11.5. The predicted molar refractivity (Wildman–Crippen MR) is 168 cm³/mol. The number of carbonyl (C=O) groups is 2. The fraction of sp³-hybridized carbons (Fsp3) is 0.389. The third-order valence-corrected chi connectivity index (χ3v) is 8.52. The first-order valence-corrected chi connectivity index (χ1v) is 15.3. The Balaban J connectivity index is 1.27. The van der Waals surface area contributed by atoms with Crippen molar-refractivity contribution in [2.24, 2.45) is 0 Å². The van der Waals surface area contributed by atoms with Crippen LogP contribution in [0.25, 0.3) is 22.2 Å². The molecular formula is C36H43N3O2. The molecular weight excluding hydrogens is 506 g/mol. The summed E-state index contributed by atoms with van der Waals surface area (Å²) in [6.07, 6.45) is 7.32. The number of rotatable bonds is 13. The quantitative estimate of drug-likeness (QED) is 0.172. The summed E-state index contributed by atoms with van der Waals surface area (Å²) in [5.74, 6) is 0.831. The minimum atomic E-state index is -0.143. The van der Waals surface area contributed by atoms with Crippen LogP contribution in [0.15, 0.2) is 84.9 Å². The maximum Gasteiger partial charge on any atom is 0.237 e. The monoisotopic (exact) mass is 549 g/mol. The highest BCUT2D eigenvalue weighted by Gasteiger charge is 2.30. The fourth-order valence-corrected chi connectivity index (χ4v) is 6.39. The standard InChI is InChI=1S/C36H43N3O2/c1-27(40)14-5-2-10-22-34(39-25-13-19-30(26-39)28-15-6-3-7-16-28)36(41)37-24-23-32-31-20-11-12-21-33(31)38-35(32)29-17-8-4-9-18-29/h3-4,6-9,11-12,15-18,20-21,30,34,38H,2,5,10,13-14,19,22-26H2,1H3,(H,37,41)/t30?,34-/m0/s1. The first kappa shape index (κ1) is 28.8. The number of likely N-dealkylation sites (tertiary alicyclic amines) is 1. The Bertz CT molecular complexity index is 1410. The van der Waals surface area contributed by atoms with E-state index in [1.54, 1.807) is 6.92 Å². The number of piperidine rings is 1. The molecule has 1 aliphatic rings. The number of Topliss-reactive ketones (excluding diaryl/α,β-unsaturated/α-hetero) is 1. The molecule has 0 spiro atoms. The maximum atomic E-state index is 13.8. The van der Waals surface area contributed by atoms with E-state index in [0.717, 1.165) is 74.8 Å². The van der Waals surface area contributed by atoms with Gasteiger partial charge in [-0.15, -0.1) is 0 Å². The fourth-order valence-electron chi connectivity index (χ4n) is 6.39. The number of hydrogen-bond acceptors (Lipinski definition) is 3. The molecule has 0 aliphatic carbocycles. The van der Waals surface area contributed by atoms with Crippen LogP contribution in [0, 0.1) is 0 Å². The van der Waals surface area contributed by atoms with Gasteiger partial charge in [0.05, 0.1) is 6.04 Å². The molecule has 5 nitrogen and oxygen atoms in total. The Labute approximate surface area is 244 Å². The van der Waals surface area contributed by atoms with Crippen molar-refractivity contribution in [2.45, 2.75) is 70.3 Å². The summed E-state index contributed by atoms with van der Waals surface area (Å²) in [5, 5.41) is 4.54. The number of aromatic amines is 1. The van der Waals surface area contributed by atoms with E-state index in [1.807, 2.05) is 6.07 Å². The zero-order chi connectivity index (χ0) is 28.4. The molecule has 41 heavy (non-hydrogen) atoms. The number of aromatic nitrogens is 1. The Kier molecular flexibility index (Phi) is 10.0. The van der Waals surface area contributed by atoms with Gasteiger partial charge in [-0.05, 0) is 74.2 Å². The molecule has 3 aromatic carbocycles. The summed E-state index contributed by atoms with van der Waals surface area (Å²) in [6, 6.07) is 29.4. The van der Waals surface area contributed by atoms with E-state index in [2.05, 4.69) is 94.1 Å². The summed E-state index contributed by atoms with van der Waals surface area (Å²) in [4.78, 5) is 31.2. The largest absolute Gasteiger partial charge is 0.354 e. The molecule has 4 aromatic rings. The van der Waals surface area contributed by atoms with E-state index in [1.165, 1.54) is 16.5 Å².